The highest BCUT2D eigenvalue weighted by molar-refractivity contribution is 6.05. The van der Waals surface area contributed by atoms with Gasteiger partial charge >= 0.3 is 0 Å². The topological polar surface area (TPSA) is 146 Å². The molecule has 0 radical (unpaired) electrons. The largest absolute Gasteiger partial charge is 0.324 e. The van der Waals surface area contributed by atoms with Crippen LogP contribution in [0.4, 0.5) is 0 Å². The average Bonchev–Trinajstić information content (AvgIpc) is 3.19. The first kappa shape index (κ1) is 14.3. The number of amidine groups is 1. The van der Waals surface area contributed by atoms with Gasteiger partial charge in [0.05, 0.1) is 5.52 Å². The third kappa shape index (κ3) is 2.20. The fourth-order valence-electron chi connectivity index (χ4n) is 2.83. The Kier molecular flexibility index (Phi) is 3.43. The van der Waals surface area contributed by atoms with E-state index in [0.717, 1.165) is 28.5 Å². The van der Waals surface area contributed by atoms with Crippen LogP contribution in [0.1, 0.15) is 12.8 Å². The Bertz CT molecular complexity index is 1050. The zero-order valence-electron chi connectivity index (χ0n) is 12.7. The zero-order valence-corrected chi connectivity index (χ0v) is 12.7. The lowest BCUT2D eigenvalue weighted by Gasteiger charge is -2.07. The number of nitrogens with zero attached hydrogens (tertiary/aromatic N) is 6. The van der Waals surface area contributed by atoms with Crippen LogP contribution in [0.3, 0.4) is 0 Å². The Morgan fingerprint density at radius 3 is 2.79 bits per heavy atom. The van der Waals surface area contributed by atoms with Crippen molar-refractivity contribution in [1.29, 1.82) is 0 Å². The molecule has 4 rings (SSSR count). The Hall–Kier alpha value is -3.27. The number of aromatic nitrogens is 5. The normalized spacial score (nSPS) is 12.5. The molecule has 122 valence electrons. The van der Waals surface area contributed by atoms with Crippen molar-refractivity contribution in [3.63, 3.8) is 0 Å². The standard InChI is InChI=1S/C14H15N9O/c15-19-10(20-16)6-3-7-23-9-5-2-1-4-8(9)11-14(23)18-13-12(17-11)21-24-22-13/h1-2,4-5H,3,6-7,15-16H2,(H,19,20). The quantitative estimate of drug-likeness (QED) is 0.214. The average molecular weight is 325 g/mol. The minimum absolute atomic E-state index is 0.388. The second-order valence-corrected chi connectivity index (χ2v) is 5.30. The van der Waals surface area contributed by atoms with Crippen molar-refractivity contribution in [1.82, 2.24) is 30.3 Å². The molecule has 4 aromatic rings. The number of hydrogen-bond acceptors (Lipinski definition) is 8. The van der Waals surface area contributed by atoms with Gasteiger partial charge < -0.3 is 15.8 Å². The maximum Gasteiger partial charge on any atom is 0.245 e. The van der Waals surface area contributed by atoms with Crippen LogP contribution in [0, 0.1) is 0 Å². The van der Waals surface area contributed by atoms with E-state index in [1.165, 1.54) is 0 Å². The number of hydrazone groups is 1. The molecule has 5 N–H and O–H groups in total. The minimum Gasteiger partial charge on any atom is -0.324 e. The fraction of sp³-hybridized carbons (Fsp3) is 0.214. The van der Waals surface area contributed by atoms with Gasteiger partial charge in [-0.3, -0.25) is 0 Å². The van der Waals surface area contributed by atoms with Crippen LogP contribution in [0.25, 0.3) is 33.4 Å². The SMILES string of the molecule is N/N=C(/CCCn1c2ccccc2c2nc3nonc3nc21)NN. The fourth-order valence-corrected chi connectivity index (χ4v) is 2.83. The van der Waals surface area contributed by atoms with Crippen LogP contribution >= 0.6 is 0 Å². The molecule has 1 aromatic carbocycles. The number of para-hydroxylation sites is 1. The number of nitrogens with one attached hydrogen (secondary N) is 1. The van der Waals surface area contributed by atoms with Crippen molar-refractivity contribution in [2.45, 2.75) is 19.4 Å². The van der Waals surface area contributed by atoms with Crippen molar-refractivity contribution in [2.75, 3.05) is 0 Å². The van der Waals surface area contributed by atoms with Crippen molar-refractivity contribution in [2.24, 2.45) is 16.8 Å². The number of rotatable bonds is 4. The van der Waals surface area contributed by atoms with E-state index < -0.39 is 0 Å². The van der Waals surface area contributed by atoms with Gasteiger partial charge in [-0.25, -0.2) is 20.4 Å². The van der Waals surface area contributed by atoms with E-state index in [4.69, 9.17) is 16.3 Å². The molecule has 0 saturated heterocycles. The third-order valence-electron chi connectivity index (χ3n) is 3.92. The van der Waals surface area contributed by atoms with Gasteiger partial charge in [0.15, 0.2) is 5.65 Å². The van der Waals surface area contributed by atoms with Gasteiger partial charge in [0.1, 0.15) is 11.4 Å². The van der Waals surface area contributed by atoms with E-state index in [2.05, 4.69) is 35.4 Å². The number of nitrogens with two attached hydrogens (primary N) is 2. The van der Waals surface area contributed by atoms with E-state index in [-0.39, 0.29) is 0 Å². The summed E-state index contributed by atoms with van der Waals surface area (Å²) in [6.45, 7) is 0.705. The first-order chi connectivity index (χ1) is 11.8. The van der Waals surface area contributed by atoms with Crippen LogP contribution in [0.5, 0.6) is 0 Å². The van der Waals surface area contributed by atoms with Crippen LogP contribution in [-0.2, 0) is 6.54 Å². The van der Waals surface area contributed by atoms with E-state index in [0.29, 0.717) is 30.1 Å². The molecule has 0 atom stereocenters. The molecule has 3 aromatic heterocycles. The second-order valence-electron chi connectivity index (χ2n) is 5.30. The Morgan fingerprint density at radius 2 is 2.00 bits per heavy atom. The summed E-state index contributed by atoms with van der Waals surface area (Å²) >= 11 is 0. The molecule has 0 bridgehead atoms. The molecule has 3 heterocycles. The number of aryl methyl sites for hydroxylation is 1. The van der Waals surface area contributed by atoms with Gasteiger partial charge in [0, 0.05) is 18.4 Å². The number of fused-ring (bicyclic) bond motifs is 4. The lowest BCUT2D eigenvalue weighted by atomic mass is 10.2. The molecule has 10 heteroatoms. The minimum atomic E-state index is 0.388. The lowest BCUT2D eigenvalue weighted by molar-refractivity contribution is 0.314. The molecule has 0 spiro atoms. The highest BCUT2D eigenvalue weighted by Crippen LogP contribution is 2.27. The van der Waals surface area contributed by atoms with Gasteiger partial charge in [-0.2, -0.15) is 5.10 Å². The summed E-state index contributed by atoms with van der Waals surface area (Å²) in [7, 11) is 0. The van der Waals surface area contributed by atoms with Gasteiger partial charge in [-0.1, -0.05) is 18.2 Å². The summed E-state index contributed by atoms with van der Waals surface area (Å²) < 4.78 is 6.81. The molecule has 0 unspecified atom stereocenters. The third-order valence-corrected chi connectivity index (χ3v) is 3.92. The monoisotopic (exact) mass is 325 g/mol. The number of hydrazine groups is 1. The van der Waals surface area contributed by atoms with E-state index in [9.17, 15) is 0 Å². The van der Waals surface area contributed by atoms with Crippen molar-refractivity contribution < 1.29 is 4.63 Å². The van der Waals surface area contributed by atoms with Gasteiger partial charge in [-0.15, -0.1) is 0 Å². The van der Waals surface area contributed by atoms with Gasteiger partial charge in [0.25, 0.3) is 0 Å². The zero-order chi connectivity index (χ0) is 16.5. The summed E-state index contributed by atoms with van der Waals surface area (Å²) in [5, 5.41) is 12.2. The summed E-state index contributed by atoms with van der Waals surface area (Å²) in [5.74, 6) is 11.2. The highest BCUT2D eigenvalue weighted by Gasteiger charge is 2.16. The van der Waals surface area contributed by atoms with E-state index in [1.807, 2.05) is 24.3 Å². The molecule has 0 fully saturated rings. The lowest BCUT2D eigenvalue weighted by Crippen LogP contribution is -2.31. The molecular weight excluding hydrogens is 310 g/mol. The summed E-state index contributed by atoms with van der Waals surface area (Å²) in [4.78, 5) is 9.09. The smallest absolute Gasteiger partial charge is 0.245 e. The van der Waals surface area contributed by atoms with Crippen LogP contribution in [0.2, 0.25) is 0 Å². The van der Waals surface area contributed by atoms with Crippen LogP contribution < -0.4 is 17.1 Å². The second kappa shape index (κ2) is 5.74. The molecule has 0 aliphatic carbocycles. The van der Waals surface area contributed by atoms with Crippen molar-refractivity contribution in [3.05, 3.63) is 24.3 Å². The Morgan fingerprint density at radius 1 is 1.21 bits per heavy atom. The molecule has 0 aliphatic rings. The van der Waals surface area contributed by atoms with Gasteiger partial charge in [-0.05, 0) is 22.8 Å². The first-order valence-corrected chi connectivity index (χ1v) is 7.42. The molecule has 0 aliphatic heterocycles. The van der Waals surface area contributed by atoms with Crippen LogP contribution in [-0.4, -0.2) is 30.7 Å². The van der Waals surface area contributed by atoms with E-state index >= 15 is 0 Å². The van der Waals surface area contributed by atoms with Crippen molar-refractivity contribution >= 4 is 39.2 Å². The van der Waals surface area contributed by atoms with Crippen molar-refractivity contribution in [3.8, 4) is 0 Å². The first-order valence-electron chi connectivity index (χ1n) is 7.42. The maximum absolute atomic E-state index is 5.36. The number of hydrogen-bond donors (Lipinski definition) is 3. The molecule has 24 heavy (non-hydrogen) atoms. The maximum atomic E-state index is 5.36. The van der Waals surface area contributed by atoms with Crippen LogP contribution in [0.15, 0.2) is 34.0 Å². The van der Waals surface area contributed by atoms with Gasteiger partial charge in [0.2, 0.25) is 11.3 Å². The molecule has 0 saturated carbocycles. The highest BCUT2D eigenvalue weighted by atomic mass is 16.6. The summed E-state index contributed by atoms with van der Waals surface area (Å²) in [6, 6.07) is 8.00. The van der Waals surface area contributed by atoms with E-state index in [1.54, 1.807) is 0 Å². The Labute approximate surface area is 135 Å². The predicted molar refractivity (Wildman–Crippen MR) is 88.6 cm³/mol. The predicted octanol–water partition coefficient (Wildman–Crippen LogP) is 0.636. The molecule has 0 amide bonds. The summed E-state index contributed by atoms with van der Waals surface area (Å²) in [5.41, 5.74) is 5.83. The summed E-state index contributed by atoms with van der Waals surface area (Å²) in [6.07, 6.45) is 1.41. The number of benzene rings is 1. The molecular formula is C14H15N9O. The Balaban J connectivity index is 1.82. The molecule has 10 nitrogen and oxygen atoms in total.